The number of methoxy groups -OCH3 is 1. The molecule has 1 unspecified atom stereocenters. The van der Waals surface area contributed by atoms with Crippen molar-refractivity contribution >= 4 is 47.9 Å². The molecule has 1 atom stereocenters. The normalized spacial score (nSPS) is 11.0. The minimum Gasteiger partial charge on any atom is -0.494 e. The molecule has 0 bridgehead atoms. The molecule has 0 aliphatic carbocycles. The van der Waals surface area contributed by atoms with Gasteiger partial charge >= 0.3 is 7.80 Å². The van der Waals surface area contributed by atoms with E-state index in [0.717, 1.165) is 0 Å². The van der Waals surface area contributed by atoms with Gasteiger partial charge in [0.2, 0.25) is 17.7 Å². The number of halogens is 1. The highest BCUT2D eigenvalue weighted by atomic mass is 35.5. The van der Waals surface area contributed by atoms with Crippen molar-refractivity contribution in [1.29, 1.82) is 0 Å². The van der Waals surface area contributed by atoms with Gasteiger partial charge in [-0.3, -0.25) is 4.79 Å². The maximum Gasteiger partial charge on any atom is 0.379 e. The third kappa shape index (κ3) is 6.28. The van der Waals surface area contributed by atoms with Crippen molar-refractivity contribution in [2.75, 3.05) is 17.7 Å². The van der Waals surface area contributed by atoms with Crippen LogP contribution < -0.4 is 25.4 Å². The second-order valence-electron chi connectivity index (χ2n) is 7.10. The topological polar surface area (TPSA) is 102 Å². The molecular formula is C23H23ClN4O4P+. The van der Waals surface area contributed by atoms with Gasteiger partial charge in [-0.25, -0.2) is 4.98 Å². The molecule has 1 amide bonds. The molecule has 0 saturated carbocycles. The SMILES string of the molecule is C=CC(=O)Nc1cccc(Oc2nc(Nc3ccc([P+](=O)C(C)C)cc3OC)ncc2Cl)c1. The number of amides is 1. The van der Waals surface area contributed by atoms with E-state index in [1.807, 2.05) is 13.8 Å². The summed E-state index contributed by atoms with van der Waals surface area (Å²) in [6, 6.07) is 12.0. The summed E-state index contributed by atoms with van der Waals surface area (Å²) in [5.74, 6) is 0.937. The van der Waals surface area contributed by atoms with Gasteiger partial charge in [-0.15, -0.1) is 0 Å². The fourth-order valence-electron chi connectivity index (χ4n) is 2.76. The lowest BCUT2D eigenvalue weighted by Gasteiger charge is -2.12. The van der Waals surface area contributed by atoms with E-state index in [0.29, 0.717) is 28.2 Å². The molecule has 1 aromatic heterocycles. The van der Waals surface area contributed by atoms with Gasteiger partial charge in [0, 0.05) is 17.8 Å². The van der Waals surface area contributed by atoms with Crippen molar-refractivity contribution in [1.82, 2.24) is 9.97 Å². The number of aromatic nitrogens is 2. The summed E-state index contributed by atoms with van der Waals surface area (Å²) >= 11 is 6.22. The van der Waals surface area contributed by atoms with Gasteiger partial charge < -0.3 is 20.1 Å². The Morgan fingerprint density at radius 2 is 2.03 bits per heavy atom. The first-order chi connectivity index (χ1) is 15.8. The number of benzene rings is 2. The molecule has 170 valence electrons. The van der Waals surface area contributed by atoms with Gasteiger partial charge in [-0.1, -0.05) is 28.8 Å². The molecule has 8 nitrogen and oxygen atoms in total. The van der Waals surface area contributed by atoms with Crippen LogP contribution in [0.15, 0.2) is 61.3 Å². The van der Waals surface area contributed by atoms with Crippen molar-refractivity contribution in [2.45, 2.75) is 19.5 Å². The van der Waals surface area contributed by atoms with Crippen LogP contribution in [-0.2, 0) is 9.36 Å². The van der Waals surface area contributed by atoms with Gasteiger partial charge in [-0.05, 0) is 44.2 Å². The lowest BCUT2D eigenvalue weighted by Crippen LogP contribution is -2.07. The molecule has 0 aliphatic heterocycles. The maximum absolute atomic E-state index is 12.4. The third-order valence-corrected chi connectivity index (χ3v) is 6.35. The monoisotopic (exact) mass is 485 g/mol. The smallest absolute Gasteiger partial charge is 0.379 e. The van der Waals surface area contributed by atoms with Crippen LogP contribution in [0.25, 0.3) is 0 Å². The molecule has 0 radical (unpaired) electrons. The number of nitrogens with one attached hydrogen (secondary N) is 2. The quantitative estimate of drug-likeness (QED) is 0.298. The first kappa shape index (κ1) is 24.2. The summed E-state index contributed by atoms with van der Waals surface area (Å²) in [4.78, 5) is 20.0. The van der Waals surface area contributed by atoms with E-state index in [-0.39, 0.29) is 28.4 Å². The van der Waals surface area contributed by atoms with Crippen LogP contribution in [-0.4, -0.2) is 28.6 Å². The summed E-state index contributed by atoms with van der Waals surface area (Å²) in [5.41, 5.74) is 1.15. The average Bonchev–Trinajstić information content (AvgIpc) is 2.81. The molecule has 10 heteroatoms. The summed E-state index contributed by atoms with van der Waals surface area (Å²) < 4.78 is 23.7. The lowest BCUT2D eigenvalue weighted by atomic mass is 10.3. The number of carbonyl (C=O) groups is 1. The molecule has 0 fully saturated rings. The number of ether oxygens (including phenoxy) is 2. The van der Waals surface area contributed by atoms with Crippen molar-refractivity contribution in [3.8, 4) is 17.4 Å². The Morgan fingerprint density at radius 1 is 1.24 bits per heavy atom. The Balaban J connectivity index is 1.82. The summed E-state index contributed by atoms with van der Waals surface area (Å²) in [6.07, 6.45) is 2.58. The van der Waals surface area contributed by atoms with E-state index < -0.39 is 7.80 Å². The zero-order valence-electron chi connectivity index (χ0n) is 18.3. The van der Waals surface area contributed by atoms with Gasteiger partial charge in [0.05, 0.1) is 19.0 Å². The van der Waals surface area contributed by atoms with E-state index >= 15 is 0 Å². The minimum absolute atomic E-state index is 0.0198. The molecule has 2 aromatic carbocycles. The maximum atomic E-state index is 12.4. The van der Waals surface area contributed by atoms with Gasteiger partial charge in [-0.2, -0.15) is 4.98 Å². The Kier molecular flexibility index (Phi) is 7.98. The predicted molar refractivity (Wildman–Crippen MR) is 131 cm³/mol. The van der Waals surface area contributed by atoms with Crippen molar-refractivity contribution < 1.29 is 18.8 Å². The molecule has 0 spiro atoms. The van der Waals surface area contributed by atoms with Crippen LogP contribution in [0.4, 0.5) is 17.3 Å². The van der Waals surface area contributed by atoms with Gasteiger partial charge in [0.25, 0.3) is 0 Å². The number of hydrogen-bond acceptors (Lipinski definition) is 7. The summed E-state index contributed by atoms with van der Waals surface area (Å²) in [5, 5.41) is 6.63. The van der Waals surface area contributed by atoms with Gasteiger partial charge in [0.15, 0.2) is 11.0 Å². The molecule has 1 heterocycles. The molecule has 3 rings (SSSR count). The fourth-order valence-corrected chi connectivity index (χ4v) is 3.96. The highest BCUT2D eigenvalue weighted by Gasteiger charge is 2.25. The zero-order valence-corrected chi connectivity index (χ0v) is 20.0. The standard InChI is InChI=1S/C23H22ClN4O4P/c1-5-21(29)26-15-7-6-8-16(11-15)32-22-18(24)13-25-23(28-22)27-19-10-9-17(12-20(19)31-4)33(30)14(2)3/h5-14H,1H2,2-4H3,(H-,25,26,27,28,29,30)/p+1. The molecular weight excluding hydrogens is 463 g/mol. The number of hydrogen-bond donors (Lipinski definition) is 2. The minimum atomic E-state index is -1.53. The number of nitrogens with zero attached hydrogens (tertiary/aromatic N) is 2. The summed E-state index contributed by atoms with van der Waals surface area (Å²) in [6.45, 7) is 7.24. The Bertz CT molecular complexity index is 1200. The number of carbonyl (C=O) groups excluding carboxylic acids is 1. The van der Waals surface area contributed by atoms with E-state index in [4.69, 9.17) is 21.1 Å². The van der Waals surface area contributed by atoms with Crippen LogP contribution in [0.3, 0.4) is 0 Å². The number of rotatable bonds is 9. The number of anilines is 3. The molecule has 0 saturated heterocycles. The zero-order chi connectivity index (χ0) is 24.0. The Labute approximate surface area is 197 Å². The Morgan fingerprint density at radius 3 is 2.73 bits per heavy atom. The first-order valence-corrected chi connectivity index (χ1v) is 11.7. The Hall–Kier alpha value is -3.48. The summed E-state index contributed by atoms with van der Waals surface area (Å²) in [7, 11) is -0.00410. The fraction of sp³-hybridized carbons (Fsp3) is 0.174. The molecule has 33 heavy (non-hydrogen) atoms. The molecule has 0 aliphatic rings. The van der Waals surface area contributed by atoms with Crippen LogP contribution in [0.5, 0.6) is 17.4 Å². The van der Waals surface area contributed by atoms with E-state index in [1.54, 1.807) is 42.5 Å². The second-order valence-corrected chi connectivity index (χ2v) is 9.71. The highest BCUT2D eigenvalue weighted by Crippen LogP contribution is 2.34. The molecule has 3 aromatic rings. The highest BCUT2D eigenvalue weighted by molar-refractivity contribution is 7.54. The van der Waals surface area contributed by atoms with Crippen LogP contribution in [0.2, 0.25) is 5.02 Å². The van der Waals surface area contributed by atoms with Crippen LogP contribution in [0.1, 0.15) is 13.8 Å². The average molecular weight is 486 g/mol. The van der Waals surface area contributed by atoms with Crippen molar-refractivity contribution in [2.24, 2.45) is 0 Å². The molecule has 2 N–H and O–H groups in total. The predicted octanol–water partition coefficient (Wildman–Crippen LogP) is 5.66. The van der Waals surface area contributed by atoms with E-state index in [1.165, 1.54) is 19.4 Å². The van der Waals surface area contributed by atoms with E-state index in [9.17, 15) is 9.36 Å². The van der Waals surface area contributed by atoms with Crippen LogP contribution >= 0.6 is 19.4 Å². The van der Waals surface area contributed by atoms with Gasteiger partial charge in [0.1, 0.15) is 16.5 Å². The largest absolute Gasteiger partial charge is 0.494 e. The van der Waals surface area contributed by atoms with Crippen molar-refractivity contribution in [3.05, 3.63) is 66.3 Å². The second kappa shape index (κ2) is 10.9. The lowest BCUT2D eigenvalue weighted by molar-refractivity contribution is -0.111. The van der Waals surface area contributed by atoms with Crippen molar-refractivity contribution in [3.63, 3.8) is 0 Å². The van der Waals surface area contributed by atoms with E-state index in [2.05, 4.69) is 27.2 Å². The third-order valence-electron chi connectivity index (χ3n) is 4.37. The van der Waals surface area contributed by atoms with Crippen LogP contribution in [0, 0.1) is 0 Å². The first-order valence-electron chi connectivity index (χ1n) is 9.96.